The summed E-state index contributed by atoms with van der Waals surface area (Å²) in [6.07, 6.45) is 0. The Bertz CT molecular complexity index is 1190. The van der Waals surface area contributed by atoms with Gasteiger partial charge in [-0.3, -0.25) is 19.3 Å². The highest BCUT2D eigenvalue weighted by molar-refractivity contribution is 7.09. The van der Waals surface area contributed by atoms with E-state index < -0.39 is 23.8 Å². The standard InChI is InChI=1S/C22H25N5O6S/c1-12-7-8-15(33-12)18(21(29)25-9-10-31-2)27(13-5-4-6-14(11-13)32-3)22(30)19-16(23)17(20(24)28)26-34-19/h4-8,11,18H,9-10,23H2,1-3H3,(H2,24,28)(H,25,29). The topological polar surface area (TPSA) is 163 Å². The molecule has 2 aromatic heterocycles. The Balaban J connectivity index is 2.17. The van der Waals surface area contributed by atoms with Gasteiger partial charge in [0.15, 0.2) is 11.7 Å². The number of aryl methyl sites for hydroxylation is 1. The van der Waals surface area contributed by atoms with E-state index in [4.69, 9.17) is 25.4 Å². The molecule has 0 fully saturated rings. The largest absolute Gasteiger partial charge is 0.497 e. The Morgan fingerprint density at radius 3 is 2.59 bits per heavy atom. The van der Waals surface area contributed by atoms with Crippen molar-refractivity contribution in [3.05, 3.63) is 58.5 Å². The zero-order valence-electron chi connectivity index (χ0n) is 18.9. The first kappa shape index (κ1) is 24.7. The van der Waals surface area contributed by atoms with E-state index in [1.165, 1.54) is 19.1 Å². The number of aromatic nitrogens is 1. The lowest BCUT2D eigenvalue weighted by Crippen LogP contribution is -2.44. The molecule has 2 heterocycles. The molecule has 0 saturated carbocycles. The zero-order valence-corrected chi connectivity index (χ0v) is 19.7. The van der Waals surface area contributed by atoms with Crippen molar-refractivity contribution in [1.82, 2.24) is 9.69 Å². The van der Waals surface area contributed by atoms with Gasteiger partial charge in [0, 0.05) is 25.4 Å². The number of nitrogens with two attached hydrogens (primary N) is 2. The number of carbonyl (C=O) groups is 3. The van der Waals surface area contributed by atoms with Crippen LogP contribution in [0.1, 0.15) is 37.7 Å². The highest BCUT2D eigenvalue weighted by atomic mass is 32.1. The number of primary amides is 1. The van der Waals surface area contributed by atoms with Crippen molar-refractivity contribution in [3.63, 3.8) is 0 Å². The van der Waals surface area contributed by atoms with Crippen LogP contribution in [0.2, 0.25) is 0 Å². The van der Waals surface area contributed by atoms with Crippen LogP contribution in [0.5, 0.6) is 5.75 Å². The molecule has 1 atom stereocenters. The number of ether oxygens (including phenoxy) is 2. The molecule has 0 aliphatic heterocycles. The number of rotatable bonds is 10. The molecule has 11 nitrogen and oxygen atoms in total. The number of carbonyl (C=O) groups excluding carboxylic acids is 3. The fourth-order valence-corrected chi connectivity index (χ4v) is 3.97. The minimum atomic E-state index is -1.22. The fraction of sp³-hybridized carbons (Fsp3) is 0.273. The molecule has 34 heavy (non-hydrogen) atoms. The van der Waals surface area contributed by atoms with Crippen LogP contribution in [0.15, 0.2) is 40.8 Å². The number of hydrogen-bond donors (Lipinski definition) is 3. The number of anilines is 2. The molecule has 0 saturated heterocycles. The molecule has 3 aromatic rings. The lowest BCUT2D eigenvalue weighted by atomic mass is 10.1. The maximum Gasteiger partial charge on any atom is 0.273 e. The molecule has 180 valence electrons. The van der Waals surface area contributed by atoms with Crippen LogP contribution < -0.4 is 26.4 Å². The second kappa shape index (κ2) is 10.8. The number of benzene rings is 1. The van der Waals surface area contributed by atoms with Gasteiger partial charge in [-0.2, -0.15) is 4.37 Å². The molecule has 5 N–H and O–H groups in total. The van der Waals surface area contributed by atoms with Crippen LogP contribution in [-0.2, 0) is 9.53 Å². The third-order valence-electron chi connectivity index (χ3n) is 4.85. The van der Waals surface area contributed by atoms with E-state index in [0.29, 0.717) is 28.7 Å². The SMILES string of the molecule is COCCNC(=O)C(c1ccc(C)o1)N(C(=O)c1snc(C(N)=O)c1N)c1cccc(OC)c1. The minimum Gasteiger partial charge on any atom is -0.497 e. The Morgan fingerprint density at radius 2 is 2.00 bits per heavy atom. The first-order valence-electron chi connectivity index (χ1n) is 10.1. The summed E-state index contributed by atoms with van der Waals surface area (Å²) in [5, 5.41) is 2.75. The van der Waals surface area contributed by atoms with E-state index in [1.54, 1.807) is 43.3 Å². The van der Waals surface area contributed by atoms with Gasteiger partial charge in [-0.15, -0.1) is 0 Å². The van der Waals surface area contributed by atoms with Crippen molar-refractivity contribution in [2.75, 3.05) is 38.0 Å². The van der Waals surface area contributed by atoms with Gasteiger partial charge >= 0.3 is 0 Å². The summed E-state index contributed by atoms with van der Waals surface area (Å²) in [4.78, 5) is 40.0. The van der Waals surface area contributed by atoms with Crippen LogP contribution in [0.4, 0.5) is 11.4 Å². The van der Waals surface area contributed by atoms with E-state index in [-0.39, 0.29) is 35.2 Å². The summed E-state index contributed by atoms with van der Waals surface area (Å²) in [5.74, 6) is -0.814. The highest BCUT2D eigenvalue weighted by Crippen LogP contribution is 2.35. The second-order valence-corrected chi connectivity index (χ2v) is 7.92. The number of nitrogens with one attached hydrogen (secondary N) is 1. The average molecular weight is 488 g/mol. The van der Waals surface area contributed by atoms with Crippen molar-refractivity contribution in [2.24, 2.45) is 5.73 Å². The third-order valence-corrected chi connectivity index (χ3v) is 5.70. The van der Waals surface area contributed by atoms with Gasteiger partial charge in [-0.1, -0.05) is 6.07 Å². The second-order valence-electron chi connectivity index (χ2n) is 7.15. The Hall–Kier alpha value is -3.90. The molecule has 0 aliphatic carbocycles. The van der Waals surface area contributed by atoms with E-state index in [1.807, 2.05) is 0 Å². The van der Waals surface area contributed by atoms with Gasteiger partial charge in [0.05, 0.1) is 19.4 Å². The summed E-state index contributed by atoms with van der Waals surface area (Å²) >= 11 is 0.716. The lowest BCUT2D eigenvalue weighted by Gasteiger charge is -2.30. The molecule has 0 spiro atoms. The maximum atomic E-state index is 13.8. The van der Waals surface area contributed by atoms with Gasteiger partial charge in [0.2, 0.25) is 0 Å². The van der Waals surface area contributed by atoms with Crippen molar-refractivity contribution < 1.29 is 28.3 Å². The van der Waals surface area contributed by atoms with Gasteiger partial charge < -0.3 is 30.7 Å². The Kier molecular flexibility index (Phi) is 7.87. The normalized spacial score (nSPS) is 11.6. The molecule has 0 aliphatic rings. The molecule has 0 radical (unpaired) electrons. The van der Waals surface area contributed by atoms with Gasteiger partial charge in [-0.25, -0.2) is 0 Å². The first-order valence-corrected chi connectivity index (χ1v) is 10.9. The maximum absolute atomic E-state index is 13.8. The first-order chi connectivity index (χ1) is 16.3. The smallest absolute Gasteiger partial charge is 0.273 e. The third kappa shape index (κ3) is 5.18. The van der Waals surface area contributed by atoms with Crippen LogP contribution in [-0.4, -0.2) is 49.5 Å². The molecule has 1 aromatic carbocycles. The summed E-state index contributed by atoms with van der Waals surface area (Å²) in [5.41, 5.74) is 11.3. The summed E-state index contributed by atoms with van der Waals surface area (Å²) < 4.78 is 20.0. The van der Waals surface area contributed by atoms with Gasteiger partial charge in [-0.05, 0) is 42.7 Å². The summed E-state index contributed by atoms with van der Waals surface area (Å²) in [7, 11) is 2.99. The van der Waals surface area contributed by atoms with Crippen molar-refractivity contribution in [1.29, 1.82) is 0 Å². The predicted molar refractivity (Wildman–Crippen MR) is 126 cm³/mol. The predicted octanol–water partition coefficient (Wildman–Crippen LogP) is 1.88. The molecule has 12 heteroatoms. The van der Waals surface area contributed by atoms with E-state index in [2.05, 4.69) is 9.69 Å². The van der Waals surface area contributed by atoms with Gasteiger partial charge in [0.1, 0.15) is 22.1 Å². The molecule has 3 rings (SSSR count). The molecule has 1 unspecified atom stereocenters. The minimum absolute atomic E-state index is 0.0467. The van der Waals surface area contributed by atoms with E-state index >= 15 is 0 Å². The van der Waals surface area contributed by atoms with Crippen LogP contribution in [0.25, 0.3) is 0 Å². The number of methoxy groups -OCH3 is 2. The number of amides is 3. The van der Waals surface area contributed by atoms with Crippen LogP contribution in [0.3, 0.4) is 0 Å². The summed E-state index contributed by atoms with van der Waals surface area (Å²) in [6.45, 7) is 2.20. The highest BCUT2D eigenvalue weighted by Gasteiger charge is 2.37. The number of hydrogen-bond acceptors (Lipinski definition) is 9. The van der Waals surface area contributed by atoms with Crippen LogP contribution in [0, 0.1) is 6.92 Å². The molecular formula is C22H25N5O6S. The monoisotopic (exact) mass is 487 g/mol. The Labute approximate surface area is 199 Å². The Morgan fingerprint density at radius 1 is 1.24 bits per heavy atom. The quantitative estimate of drug-likeness (QED) is 0.365. The molecule has 0 bridgehead atoms. The number of nitrogen functional groups attached to an aromatic ring is 1. The van der Waals surface area contributed by atoms with Crippen molar-refractivity contribution >= 4 is 40.6 Å². The van der Waals surface area contributed by atoms with E-state index in [9.17, 15) is 14.4 Å². The lowest BCUT2D eigenvalue weighted by molar-refractivity contribution is -0.123. The summed E-state index contributed by atoms with van der Waals surface area (Å²) in [6, 6.07) is 8.68. The van der Waals surface area contributed by atoms with Crippen LogP contribution >= 0.6 is 11.5 Å². The number of furan rings is 1. The van der Waals surface area contributed by atoms with Crippen molar-refractivity contribution in [3.8, 4) is 5.75 Å². The zero-order chi connectivity index (χ0) is 24.8. The fourth-order valence-electron chi connectivity index (χ4n) is 3.23. The number of nitrogens with zero attached hydrogens (tertiary/aromatic N) is 2. The van der Waals surface area contributed by atoms with Gasteiger partial charge in [0.25, 0.3) is 17.7 Å². The molecular weight excluding hydrogens is 462 g/mol. The molecule has 3 amide bonds. The van der Waals surface area contributed by atoms with E-state index in [0.717, 1.165) is 0 Å². The average Bonchev–Trinajstić information content (AvgIpc) is 3.42. The van der Waals surface area contributed by atoms with Crippen molar-refractivity contribution in [2.45, 2.75) is 13.0 Å².